The number of nitrogens with one attached hydrogen (secondary N) is 1. The van der Waals surface area contributed by atoms with Crippen molar-refractivity contribution in [1.82, 2.24) is 5.32 Å². The third kappa shape index (κ3) is 3.52. The van der Waals surface area contributed by atoms with Crippen molar-refractivity contribution in [2.75, 3.05) is 0 Å². The number of amides is 1. The lowest BCUT2D eigenvalue weighted by Gasteiger charge is -2.15. The first-order valence-corrected chi connectivity index (χ1v) is 7.61. The molecule has 18 heavy (non-hydrogen) atoms. The fraction of sp³-hybridized carbons (Fsp3) is 0.533. The molecule has 0 heterocycles. The highest BCUT2D eigenvalue weighted by Crippen LogP contribution is 2.27. The fourth-order valence-electron chi connectivity index (χ4n) is 2.34. The summed E-state index contributed by atoms with van der Waals surface area (Å²) in [7, 11) is 0. The summed E-state index contributed by atoms with van der Waals surface area (Å²) in [5.41, 5.74) is 0.822. The molecule has 0 bridgehead atoms. The summed E-state index contributed by atoms with van der Waals surface area (Å²) in [5.74, 6) is 0.0886. The number of hydrogen-bond acceptors (Lipinski definition) is 2. The van der Waals surface area contributed by atoms with Crippen molar-refractivity contribution in [2.24, 2.45) is 0 Å². The highest BCUT2D eigenvalue weighted by molar-refractivity contribution is 8.00. The van der Waals surface area contributed by atoms with Crippen LogP contribution in [0.3, 0.4) is 0 Å². The van der Waals surface area contributed by atoms with Gasteiger partial charge in [-0.3, -0.25) is 4.79 Å². The number of hydrogen-bond donors (Lipinski definition) is 1. The first-order chi connectivity index (χ1) is 8.66. The Bertz CT molecular complexity index is 411. The second kappa shape index (κ2) is 6.28. The monoisotopic (exact) mass is 263 g/mol. The van der Waals surface area contributed by atoms with Crippen molar-refractivity contribution < 1.29 is 4.79 Å². The van der Waals surface area contributed by atoms with E-state index in [4.69, 9.17) is 0 Å². The van der Waals surface area contributed by atoms with Gasteiger partial charge in [-0.2, -0.15) is 0 Å². The zero-order valence-corrected chi connectivity index (χ0v) is 11.9. The predicted molar refractivity (Wildman–Crippen MR) is 77.2 cm³/mol. The molecule has 2 rings (SSSR count). The van der Waals surface area contributed by atoms with Crippen molar-refractivity contribution in [2.45, 2.75) is 55.7 Å². The minimum Gasteiger partial charge on any atom is -0.349 e. The lowest BCUT2D eigenvalue weighted by Crippen LogP contribution is -2.32. The van der Waals surface area contributed by atoms with E-state index in [0.29, 0.717) is 11.3 Å². The lowest BCUT2D eigenvalue weighted by molar-refractivity contribution is 0.0935. The van der Waals surface area contributed by atoms with E-state index in [9.17, 15) is 4.79 Å². The molecular weight excluding hydrogens is 242 g/mol. The van der Waals surface area contributed by atoms with Gasteiger partial charge >= 0.3 is 0 Å². The summed E-state index contributed by atoms with van der Waals surface area (Å²) in [6.07, 6.45) is 4.75. The Labute approximate surface area is 114 Å². The number of thioether (sulfide) groups is 1. The van der Waals surface area contributed by atoms with Gasteiger partial charge in [0, 0.05) is 16.2 Å². The Hall–Kier alpha value is -0.960. The van der Waals surface area contributed by atoms with Gasteiger partial charge in [0.2, 0.25) is 0 Å². The third-order valence-electron chi connectivity index (χ3n) is 3.18. The van der Waals surface area contributed by atoms with Crippen LogP contribution in [-0.4, -0.2) is 17.2 Å². The summed E-state index contributed by atoms with van der Waals surface area (Å²) in [5, 5.41) is 3.65. The van der Waals surface area contributed by atoms with Crippen LogP contribution in [0, 0.1) is 0 Å². The van der Waals surface area contributed by atoms with Gasteiger partial charge in [0.25, 0.3) is 5.91 Å². The molecule has 2 nitrogen and oxygen atoms in total. The lowest BCUT2D eigenvalue weighted by atomic mass is 10.2. The number of carbonyl (C=O) groups is 1. The molecule has 0 saturated heterocycles. The topological polar surface area (TPSA) is 29.1 Å². The van der Waals surface area contributed by atoms with Gasteiger partial charge in [0.15, 0.2) is 0 Å². The molecule has 1 aliphatic rings. The highest BCUT2D eigenvalue weighted by atomic mass is 32.2. The SMILES string of the molecule is CC(C)Sc1ccccc1C(=O)NC1CCCC1. The first kappa shape index (κ1) is 13.5. The number of carbonyl (C=O) groups excluding carboxylic acids is 1. The van der Waals surface area contributed by atoms with Crippen molar-refractivity contribution in [3.63, 3.8) is 0 Å². The summed E-state index contributed by atoms with van der Waals surface area (Å²) < 4.78 is 0. The van der Waals surface area contributed by atoms with Gasteiger partial charge in [0.1, 0.15) is 0 Å². The summed E-state index contributed by atoms with van der Waals surface area (Å²) in [6.45, 7) is 4.30. The molecule has 1 aromatic carbocycles. The second-order valence-corrected chi connectivity index (χ2v) is 6.74. The van der Waals surface area contributed by atoms with Crippen molar-refractivity contribution in [3.8, 4) is 0 Å². The Morgan fingerprint density at radius 2 is 1.94 bits per heavy atom. The predicted octanol–water partition coefficient (Wildman–Crippen LogP) is 3.86. The molecule has 98 valence electrons. The van der Waals surface area contributed by atoms with Crippen LogP contribution in [0.2, 0.25) is 0 Å². The Kier molecular flexibility index (Phi) is 4.70. The molecule has 0 unspecified atom stereocenters. The molecule has 0 aliphatic heterocycles. The minimum absolute atomic E-state index is 0.0886. The van der Waals surface area contributed by atoms with Crippen LogP contribution < -0.4 is 5.32 Å². The van der Waals surface area contributed by atoms with Crippen LogP contribution >= 0.6 is 11.8 Å². The molecular formula is C15H21NOS. The maximum absolute atomic E-state index is 12.3. The van der Waals surface area contributed by atoms with E-state index in [-0.39, 0.29) is 5.91 Å². The van der Waals surface area contributed by atoms with Crippen molar-refractivity contribution in [3.05, 3.63) is 29.8 Å². The number of benzene rings is 1. The molecule has 3 heteroatoms. The van der Waals surface area contributed by atoms with Gasteiger partial charge in [-0.05, 0) is 25.0 Å². The minimum atomic E-state index is 0.0886. The summed E-state index contributed by atoms with van der Waals surface area (Å²) >= 11 is 1.75. The molecule has 1 saturated carbocycles. The molecule has 1 fully saturated rings. The largest absolute Gasteiger partial charge is 0.349 e. The van der Waals surface area contributed by atoms with Crippen molar-refractivity contribution >= 4 is 17.7 Å². The maximum Gasteiger partial charge on any atom is 0.252 e. The molecule has 1 amide bonds. The molecule has 0 radical (unpaired) electrons. The fourth-order valence-corrected chi connectivity index (χ4v) is 3.30. The van der Waals surface area contributed by atoms with Gasteiger partial charge < -0.3 is 5.32 Å². The average Bonchev–Trinajstić information content (AvgIpc) is 2.81. The zero-order valence-electron chi connectivity index (χ0n) is 11.1. The maximum atomic E-state index is 12.3. The highest BCUT2D eigenvalue weighted by Gasteiger charge is 2.19. The quantitative estimate of drug-likeness (QED) is 0.836. The Balaban J connectivity index is 2.08. The standard InChI is InChI=1S/C15H21NOS/c1-11(2)18-14-10-6-5-9-13(14)15(17)16-12-7-3-4-8-12/h5-6,9-12H,3-4,7-8H2,1-2H3,(H,16,17). The molecule has 0 aromatic heterocycles. The third-order valence-corrected chi connectivity index (χ3v) is 4.27. The van der Waals surface area contributed by atoms with Gasteiger partial charge in [-0.25, -0.2) is 0 Å². The van der Waals surface area contributed by atoms with Gasteiger partial charge in [-0.15, -0.1) is 11.8 Å². The molecule has 1 N–H and O–H groups in total. The summed E-state index contributed by atoms with van der Waals surface area (Å²) in [4.78, 5) is 13.4. The Morgan fingerprint density at radius 3 is 2.61 bits per heavy atom. The average molecular weight is 263 g/mol. The molecule has 0 spiro atoms. The number of rotatable bonds is 4. The van der Waals surface area contributed by atoms with Gasteiger partial charge in [-0.1, -0.05) is 38.8 Å². The van der Waals surface area contributed by atoms with Crippen LogP contribution in [0.1, 0.15) is 49.9 Å². The van der Waals surface area contributed by atoms with E-state index in [1.54, 1.807) is 11.8 Å². The van der Waals surface area contributed by atoms with E-state index in [2.05, 4.69) is 19.2 Å². The Morgan fingerprint density at radius 1 is 1.28 bits per heavy atom. The van der Waals surface area contributed by atoms with E-state index >= 15 is 0 Å². The van der Waals surface area contributed by atoms with Crippen LogP contribution in [0.4, 0.5) is 0 Å². The van der Waals surface area contributed by atoms with Crippen molar-refractivity contribution in [1.29, 1.82) is 0 Å². The van der Waals surface area contributed by atoms with E-state index in [1.165, 1.54) is 12.8 Å². The van der Waals surface area contributed by atoms with Crippen LogP contribution in [0.5, 0.6) is 0 Å². The van der Waals surface area contributed by atoms with E-state index < -0.39 is 0 Å². The molecule has 1 aliphatic carbocycles. The molecule has 0 atom stereocenters. The second-order valence-electron chi connectivity index (χ2n) is 5.12. The summed E-state index contributed by atoms with van der Waals surface area (Å²) in [6, 6.07) is 8.28. The van der Waals surface area contributed by atoms with E-state index in [1.807, 2.05) is 24.3 Å². The van der Waals surface area contributed by atoms with E-state index in [0.717, 1.165) is 23.3 Å². The first-order valence-electron chi connectivity index (χ1n) is 6.73. The van der Waals surface area contributed by atoms with Crippen LogP contribution in [0.25, 0.3) is 0 Å². The van der Waals surface area contributed by atoms with Crippen LogP contribution in [-0.2, 0) is 0 Å². The normalized spacial score (nSPS) is 16.2. The van der Waals surface area contributed by atoms with Gasteiger partial charge in [0.05, 0.1) is 5.56 Å². The molecule has 1 aromatic rings. The smallest absolute Gasteiger partial charge is 0.252 e. The van der Waals surface area contributed by atoms with Crippen LogP contribution in [0.15, 0.2) is 29.2 Å². The zero-order chi connectivity index (χ0) is 13.0.